The van der Waals surface area contributed by atoms with E-state index in [0.717, 1.165) is 25.2 Å². The fourth-order valence-electron chi connectivity index (χ4n) is 1.48. The molecule has 0 radical (unpaired) electrons. The molecule has 0 aromatic heterocycles. The van der Waals surface area contributed by atoms with Crippen molar-refractivity contribution < 1.29 is 19.4 Å². The molecule has 5 heteroatoms. The second-order valence-corrected chi connectivity index (χ2v) is 3.59. The van der Waals surface area contributed by atoms with E-state index in [-0.39, 0.29) is 11.9 Å². The molecule has 0 bridgehead atoms. The van der Waals surface area contributed by atoms with Crippen LogP contribution in [0.3, 0.4) is 0 Å². The second-order valence-electron chi connectivity index (χ2n) is 3.59. The van der Waals surface area contributed by atoms with Crippen molar-refractivity contribution in [3.63, 3.8) is 0 Å². The van der Waals surface area contributed by atoms with Crippen LogP contribution in [0.15, 0.2) is 12.2 Å². The third-order valence-corrected chi connectivity index (χ3v) is 2.42. The van der Waals surface area contributed by atoms with Crippen molar-refractivity contribution in [1.29, 1.82) is 0 Å². The predicted octanol–water partition coefficient (Wildman–Crippen LogP) is 0.168. The SMILES string of the molecule is CC(NC(=O)/C=C/C(=O)O)C1CCOC1. The first kappa shape index (κ1) is 11.7. The van der Waals surface area contributed by atoms with Crippen molar-refractivity contribution in [2.75, 3.05) is 13.2 Å². The number of carbonyl (C=O) groups excluding carboxylic acids is 1. The monoisotopic (exact) mass is 213 g/mol. The summed E-state index contributed by atoms with van der Waals surface area (Å²) in [7, 11) is 0. The van der Waals surface area contributed by atoms with E-state index in [4.69, 9.17) is 9.84 Å². The zero-order valence-corrected chi connectivity index (χ0v) is 8.60. The average Bonchev–Trinajstić information content (AvgIpc) is 2.67. The van der Waals surface area contributed by atoms with Gasteiger partial charge >= 0.3 is 5.97 Å². The van der Waals surface area contributed by atoms with E-state index in [0.29, 0.717) is 12.5 Å². The van der Waals surface area contributed by atoms with Crippen LogP contribution in [-0.4, -0.2) is 36.2 Å². The van der Waals surface area contributed by atoms with Crippen LogP contribution in [0.25, 0.3) is 0 Å². The van der Waals surface area contributed by atoms with Gasteiger partial charge in [0.2, 0.25) is 5.91 Å². The number of hydrogen-bond acceptors (Lipinski definition) is 3. The Morgan fingerprint density at radius 1 is 1.53 bits per heavy atom. The molecule has 1 amide bonds. The molecule has 1 aliphatic rings. The third-order valence-electron chi connectivity index (χ3n) is 2.42. The summed E-state index contributed by atoms with van der Waals surface area (Å²) in [4.78, 5) is 21.4. The van der Waals surface area contributed by atoms with Gasteiger partial charge in [-0.2, -0.15) is 0 Å². The largest absolute Gasteiger partial charge is 0.478 e. The van der Waals surface area contributed by atoms with Crippen molar-refractivity contribution in [2.45, 2.75) is 19.4 Å². The van der Waals surface area contributed by atoms with Crippen LogP contribution in [0.2, 0.25) is 0 Å². The highest BCUT2D eigenvalue weighted by Crippen LogP contribution is 2.16. The molecule has 1 saturated heterocycles. The molecule has 84 valence electrons. The molecule has 1 aliphatic heterocycles. The highest BCUT2D eigenvalue weighted by atomic mass is 16.5. The third kappa shape index (κ3) is 4.12. The number of carboxylic acid groups (broad SMARTS) is 1. The Kier molecular flexibility index (Phi) is 4.30. The van der Waals surface area contributed by atoms with Gasteiger partial charge in [-0.3, -0.25) is 4.79 Å². The Balaban J connectivity index is 2.33. The molecule has 5 nitrogen and oxygen atoms in total. The van der Waals surface area contributed by atoms with Gasteiger partial charge in [-0.25, -0.2) is 4.79 Å². The molecule has 0 aromatic rings. The molecule has 0 saturated carbocycles. The lowest BCUT2D eigenvalue weighted by molar-refractivity contribution is -0.131. The number of nitrogens with one attached hydrogen (secondary N) is 1. The summed E-state index contributed by atoms with van der Waals surface area (Å²) in [6.07, 6.45) is 2.78. The first-order valence-corrected chi connectivity index (χ1v) is 4.89. The summed E-state index contributed by atoms with van der Waals surface area (Å²) in [5.74, 6) is -1.18. The molecular weight excluding hydrogens is 198 g/mol. The molecule has 1 heterocycles. The molecular formula is C10H15NO4. The molecule has 2 unspecified atom stereocenters. The van der Waals surface area contributed by atoms with Gasteiger partial charge in [-0.15, -0.1) is 0 Å². The standard InChI is InChI=1S/C10H15NO4/c1-7(8-4-5-15-6-8)11-9(12)2-3-10(13)14/h2-3,7-8H,4-6H2,1H3,(H,11,12)(H,13,14)/b3-2+. The van der Waals surface area contributed by atoms with Crippen molar-refractivity contribution in [2.24, 2.45) is 5.92 Å². The van der Waals surface area contributed by atoms with Gasteiger partial charge < -0.3 is 15.2 Å². The number of rotatable bonds is 4. The van der Waals surface area contributed by atoms with Gasteiger partial charge in [-0.05, 0) is 13.3 Å². The molecule has 2 atom stereocenters. The van der Waals surface area contributed by atoms with Gasteiger partial charge in [0, 0.05) is 30.7 Å². The number of amides is 1. The van der Waals surface area contributed by atoms with Crippen molar-refractivity contribution in [3.8, 4) is 0 Å². The van der Waals surface area contributed by atoms with Gasteiger partial charge in [0.05, 0.1) is 6.61 Å². The van der Waals surface area contributed by atoms with E-state index in [2.05, 4.69) is 5.32 Å². The highest BCUT2D eigenvalue weighted by molar-refractivity contribution is 5.93. The van der Waals surface area contributed by atoms with Gasteiger partial charge in [0.25, 0.3) is 0 Å². The van der Waals surface area contributed by atoms with Crippen LogP contribution in [-0.2, 0) is 14.3 Å². The summed E-state index contributed by atoms with van der Waals surface area (Å²) in [6.45, 7) is 3.28. The maximum atomic E-state index is 11.2. The van der Waals surface area contributed by atoms with Crippen LogP contribution in [0.1, 0.15) is 13.3 Å². The molecule has 1 rings (SSSR count). The number of carboxylic acids is 1. The molecule has 0 aliphatic carbocycles. The van der Waals surface area contributed by atoms with Crippen LogP contribution >= 0.6 is 0 Å². The van der Waals surface area contributed by atoms with E-state index in [1.165, 1.54) is 0 Å². The Morgan fingerprint density at radius 3 is 2.80 bits per heavy atom. The van der Waals surface area contributed by atoms with E-state index in [9.17, 15) is 9.59 Å². The zero-order valence-electron chi connectivity index (χ0n) is 8.60. The Hall–Kier alpha value is -1.36. The van der Waals surface area contributed by atoms with Crippen LogP contribution in [0, 0.1) is 5.92 Å². The second kappa shape index (κ2) is 5.50. The van der Waals surface area contributed by atoms with E-state index in [1.807, 2.05) is 6.92 Å². The Labute approximate surface area is 88.1 Å². The normalized spacial score (nSPS) is 22.9. The zero-order chi connectivity index (χ0) is 11.3. The van der Waals surface area contributed by atoms with Gasteiger partial charge in [0.15, 0.2) is 0 Å². The van der Waals surface area contributed by atoms with Crippen molar-refractivity contribution in [1.82, 2.24) is 5.32 Å². The summed E-state index contributed by atoms with van der Waals surface area (Å²) in [5.41, 5.74) is 0. The van der Waals surface area contributed by atoms with Crippen LogP contribution < -0.4 is 5.32 Å². The van der Waals surface area contributed by atoms with Crippen LogP contribution in [0.5, 0.6) is 0 Å². The van der Waals surface area contributed by atoms with Gasteiger partial charge in [-0.1, -0.05) is 0 Å². The fraction of sp³-hybridized carbons (Fsp3) is 0.600. The fourth-order valence-corrected chi connectivity index (χ4v) is 1.48. The number of carbonyl (C=O) groups is 2. The Morgan fingerprint density at radius 2 is 2.27 bits per heavy atom. The summed E-state index contributed by atoms with van der Waals surface area (Å²) >= 11 is 0. The number of hydrogen-bond donors (Lipinski definition) is 2. The van der Waals surface area contributed by atoms with E-state index < -0.39 is 5.97 Å². The predicted molar refractivity (Wildman–Crippen MR) is 53.3 cm³/mol. The Bertz CT molecular complexity index is 269. The van der Waals surface area contributed by atoms with Crippen LogP contribution in [0.4, 0.5) is 0 Å². The first-order valence-electron chi connectivity index (χ1n) is 4.89. The molecule has 0 aromatic carbocycles. The minimum Gasteiger partial charge on any atom is -0.478 e. The number of ether oxygens (including phenoxy) is 1. The first-order chi connectivity index (χ1) is 7.09. The quantitative estimate of drug-likeness (QED) is 0.653. The van der Waals surface area contributed by atoms with Crippen molar-refractivity contribution >= 4 is 11.9 Å². The van der Waals surface area contributed by atoms with E-state index in [1.54, 1.807) is 0 Å². The number of aliphatic carboxylic acids is 1. The molecule has 15 heavy (non-hydrogen) atoms. The maximum Gasteiger partial charge on any atom is 0.328 e. The lowest BCUT2D eigenvalue weighted by atomic mass is 10.0. The summed E-state index contributed by atoms with van der Waals surface area (Å²) in [5, 5.41) is 11.0. The van der Waals surface area contributed by atoms with Gasteiger partial charge in [0.1, 0.15) is 0 Å². The lowest BCUT2D eigenvalue weighted by Crippen LogP contribution is -2.37. The smallest absolute Gasteiger partial charge is 0.328 e. The topological polar surface area (TPSA) is 75.6 Å². The molecule has 1 fully saturated rings. The minimum atomic E-state index is -1.12. The summed E-state index contributed by atoms with van der Waals surface area (Å²) in [6, 6.07) is 0.0124. The molecule has 0 spiro atoms. The highest BCUT2D eigenvalue weighted by Gasteiger charge is 2.22. The summed E-state index contributed by atoms with van der Waals surface area (Å²) < 4.78 is 5.19. The maximum absolute atomic E-state index is 11.2. The van der Waals surface area contributed by atoms with E-state index >= 15 is 0 Å². The molecule has 2 N–H and O–H groups in total. The average molecular weight is 213 g/mol. The lowest BCUT2D eigenvalue weighted by Gasteiger charge is -2.17. The van der Waals surface area contributed by atoms with Crippen molar-refractivity contribution in [3.05, 3.63) is 12.2 Å². The minimum absolute atomic E-state index is 0.0124.